The first kappa shape index (κ1) is 26.3. The summed E-state index contributed by atoms with van der Waals surface area (Å²) in [7, 11) is 0. The van der Waals surface area contributed by atoms with Crippen LogP contribution < -0.4 is 16.1 Å². The Morgan fingerprint density at radius 2 is 1.35 bits per heavy atom. The fraction of sp³-hybridized carbons (Fsp3) is 0.0345. The average molecular weight is 549 g/mol. The van der Waals surface area contributed by atoms with E-state index in [1.165, 1.54) is 24.0 Å². The smallest absolute Gasteiger partial charge is 0.283 e. The molecule has 5 rings (SSSR count). The maximum atomic E-state index is 11.8. The molecule has 5 aromatic rings. The second-order valence-electron chi connectivity index (χ2n) is 8.56. The third-order valence-electron chi connectivity index (χ3n) is 5.50. The Bertz CT molecular complexity index is 1570. The molecule has 0 unspecified atom stereocenters. The second kappa shape index (κ2) is 12.5. The lowest BCUT2D eigenvalue weighted by Crippen LogP contribution is -2.07. The summed E-state index contributed by atoms with van der Waals surface area (Å²) < 4.78 is 0. The highest BCUT2D eigenvalue weighted by Crippen LogP contribution is 2.35. The van der Waals surface area contributed by atoms with Gasteiger partial charge < -0.3 is 10.6 Å². The van der Waals surface area contributed by atoms with Crippen LogP contribution in [0.5, 0.6) is 0 Å². The first-order valence-corrected chi connectivity index (χ1v) is 13.1. The summed E-state index contributed by atoms with van der Waals surface area (Å²) >= 11 is 1.34. The number of benzene rings is 4. The molecule has 11 heteroatoms. The Morgan fingerprint density at radius 3 is 1.93 bits per heavy atom. The van der Waals surface area contributed by atoms with Gasteiger partial charge in [-0.1, -0.05) is 71.9 Å². The van der Waals surface area contributed by atoms with Crippen LogP contribution in [-0.4, -0.2) is 26.1 Å². The Balaban J connectivity index is 1.35. The van der Waals surface area contributed by atoms with Crippen LogP contribution in [0.15, 0.2) is 118 Å². The summed E-state index contributed by atoms with van der Waals surface area (Å²) in [5, 5.41) is 22.3. The highest BCUT2D eigenvalue weighted by Gasteiger charge is 2.15. The number of hydrogen-bond donors (Lipinski definition) is 3. The van der Waals surface area contributed by atoms with Gasteiger partial charge in [0.05, 0.1) is 16.0 Å². The van der Waals surface area contributed by atoms with Crippen molar-refractivity contribution in [2.24, 2.45) is 5.10 Å². The molecular weight excluding hydrogens is 524 g/mol. The van der Waals surface area contributed by atoms with Gasteiger partial charge in [-0.2, -0.15) is 20.1 Å². The number of nitrogens with one attached hydrogen (secondary N) is 3. The van der Waals surface area contributed by atoms with Crippen LogP contribution >= 0.6 is 11.8 Å². The van der Waals surface area contributed by atoms with Crippen LogP contribution in [-0.2, 0) is 0 Å². The SMILES string of the molecule is Cc1ccc(Sc2ccc(C=NNc3nc(Nc4ccccc4)nc(Nc4ccccc4)n3)cc2[N+](=O)[O-])cc1. The van der Waals surface area contributed by atoms with Crippen LogP contribution in [0.2, 0.25) is 0 Å². The lowest BCUT2D eigenvalue weighted by atomic mass is 10.2. The Labute approximate surface area is 234 Å². The largest absolute Gasteiger partial charge is 0.324 e. The van der Waals surface area contributed by atoms with E-state index in [0.29, 0.717) is 22.4 Å². The molecule has 0 radical (unpaired) electrons. The first-order chi connectivity index (χ1) is 19.5. The molecule has 0 spiro atoms. The number of nitro benzene ring substituents is 1. The van der Waals surface area contributed by atoms with Crippen molar-refractivity contribution in [3.63, 3.8) is 0 Å². The number of para-hydroxylation sites is 2. The van der Waals surface area contributed by atoms with E-state index >= 15 is 0 Å². The van der Waals surface area contributed by atoms with Crippen LogP contribution in [0.4, 0.5) is 34.9 Å². The standard InChI is InChI=1S/C29H24N8O2S/c1-20-12-15-24(16-13-20)40-26-17-14-21(18-25(26)37(38)39)19-30-36-29-34-27(31-22-8-4-2-5-9-22)33-28(35-29)32-23-10-6-3-7-11-23/h2-19H,1H3,(H3,31,32,33,34,35,36). The highest BCUT2D eigenvalue weighted by molar-refractivity contribution is 7.99. The van der Waals surface area contributed by atoms with E-state index in [4.69, 9.17) is 0 Å². The van der Waals surface area contributed by atoms with E-state index in [2.05, 4.69) is 36.1 Å². The van der Waals surface area contributed by atoms with E-state index in [9.17, 15) is 10.1 Å². The highest BCUT2D eigenvalue weighted by atomic mass is 32.2. The molecule has 0 aliphatic heterocycles. The van der Waals surface area contributed by atoms with Crippen molar-refractivity contribution in [3.8, 4) is 0 Å². The van der Waals surface area contributed by atoms with Crippen molar-refractivity contribution in [2.75, 3.05) is 16.1 Å². The molecule has 0 fully saturated rings. The van der Waals surface area contributed by atoms with Gasteiger partial charge in [-0.15, -0.1) is 0 Å². The third-order valence-corrected chi connectivity index (χ3v) is 6.57. The fourth-order valence-corrected chi connectivity index (χ4v) is 4.48. The van der Waals surface area contributed by atoms with Gasteiger partial charge in [0.2, 0.25) is 17.8 Å². The summed E-state index contributed by atoms with van der Waals surface area (Å²) in [6, 6.07) is 31.8. The zero-order valence-electron chi connectivity index (χ0n) is 21.4. The quantitative estimate of drug-likeness (QED) is 0.0944. The van der Waals surface area contributed by atoms with Gasteiger partial charge >= 0.3 is 0 Å². The lowest BCUT2D eigenvalue weighted by molar-refractivity contribution is -0.387. The van der Waals surface area contributed by atoms with Gasteiger partial charge in [0.15, 0.2) is 0 Å². The first-order valence-electron chi connectivity index (χ1n) is 12.2. The number of aromatic nitrogens is 3. The normalized spacial score (nSPS) is 10.8. The number of nitrogens with zero attached hydrogens (tertiary/aromatic N) is 5. The van der Waals surface area contributed by atoms with E-state index in [1.807, 2.05) is 91.9 Å². The Hall–Kier alpha value is -5.29. The van der Waals surface area contributed by atoms with Crippen molar-refractivity contribution < 1.29 is 4.92 Å². The number of rotatable bonds is 10. The minimum atomic E-state index is -0.393. The Kier molecular flexibility index (Phi) is 8.23. The molecule has 0 amide bonds. The topological polar surface area (TPSA) is 130 Å². The summed E-state index contributed by atoms with van der Waals surface area (Å²) in [4.78, 5) is 26.1. The minimum absolute atomic E-state index is 0.00150. The number of anilines is 5. The molecule has 0 bridgehead atoms. The number of hydrogen-bond acceptors (Lipinski definition) is 10. The van der Waals surface area contributed by atoms with Gasteiger partial charge in [-0.25, -0.2) is 5.43 Å². The second-order valence-corrected chi connectivity index (χ2v) is 9.67. The molecule has 1 heterocycles. The lowest BCUT2D eigenvalue weighted by Gasteiger charge is -2.10. The monoisotopic (exact) mass is 548 g/mol. The van der Waals surface area contributed by atoms with Crippen molar-refractivity contribution in [3.05, 3.63) is 124 Å². The summed E-state index contributed by atoms with van der Waals surface area (Å²) in [5.41, 5.74) is 6.10. The number of hydrazone groups is 1. The van der Waals surface area contributed by atoms with E-state index < -0.39 is 4.92 Å². The fourth-order valence-electron chi connectivity index (χ4n) is 3.58. The molecule has 0 saturated carbocycles. The van der Waals surface area contributed by atoms with Gasteiger partial charge in [0.1, 0.15) is 0 Å². The van der Waals surface area contributed by atoms with Crippen molar-refractivity contribution in [1.29, 1.82) is 0 Å². The van der Waals surface area contributed by atoms with E-state index in [-0.39, 0.29) is 11.6 Å². The van der Waals surface area contributed by atoms with Gasteiger partial charge in [-0.3, -0.25) is 10.1 Å². The number of nitro groups is 1. The maximum absolute atomic E-state index is 11.8. The predicted octanol–water partition coefficient (Wildman–Crippen LogP) is 7.17. The Morgan fingerprint density at radius 1 is 0.775 bits per heavy atom. The van der Waals surface area contributed by atoms with E-state index in [0.717, 1.165) is 21.8 Å². The third kappa shape index (κ3) is 7.17. The maximum Gasteiger partial charge on any atom is 0.283 e. The molecule has 0 atom stereocenters. The van der Waals surface area contributed by atoms with Crippen LogP contribution in [0.1, 0.15) is 11.1 Å². The molecule has 4 aromatic carbocycles. The molecule has 10 nitrogen and oxygen atoms in total. The molecule has 40 heavy (non-hydrogen) atoms. The van der Waals surface area contributed by atoms with E-state index in [1.54, 1.807) is 12.1 Å². The summed E-state index contributed by atoms with van der Waals surface area (Å²) in [6.45, 7) is 2.00. The van der Waals surface area contributed by atoms with Gasteiger partial charge in [-0.05, 0) is 49.4 Å². The van der Waals surface area contributed by atoms with Crippen molar-refractivity contribution in [2.45, 2.75) is 16.7 Å². The van der Waals surface area contributed by atoms with Gasteiger partial charge in [0, 0.05) is 27.9 Å². The number of aryl methyl sites for hydroxylation is 1. The minimum Gasteiger partial charge on any atom is -0.324 e. The molecule has 0 saturated heterocycles. The zero-order chi connectivity index (χ0) is 27.7. The molecule has 1 aromatic heterocycles. The van der Waals surface area contributed by atoms with Crippen molar-refractivity contribution >= 4 is 52.9 Å². The molecule has 3 N–H and O–H groups in total. The molecule has 0 aliphatic carbocycles. The van der Waals surface area contributed by atoms with Crippen molar-refractivity contribution in [1.82, 2.24) is 15.0 Å². The summed E-state index contributed by atoms with van der Waals surface area (Å²) in [6.07, 6.45) is 1.48. The average Bonchev–Trinajstić information content (AvgIpc) is 2.96. The zero-order valence-corrected chi connectivity index (χ0v) is 22.2. The van der Waals surface area contributed by atoms with Crippen LogP contribution in [0, 0.1) is 17.0 Å². The molecule has 0 aliphatic rings. The molecular formula is C29H24N8O2S. The van der Waals surface area contributed by atoms with Crippen LogP contribution in [0.25, 0.3) is 0 Å². The van der Waals surface area contributed by atoms with Gasteiger partial charge in [0.25, 0.3) is 5.69 Å². The molecule has 198 valence electrons. The summed E-state index contributed by atoms with van der Waals surface area (Å²) in [5.74, 6) is 0.806. The predicted molar refractivity (Wildman–Crippen MR) is 159 cm³/mol. The van der Waals surface area contributed by atoms with Crippen LogP contribution in [0.3, 0.4) is 0 Å².